The van der Waals surface area contributed by atoms with E-state index in [0.717, 1.165) is 5.56 Å². The largest absolute Gasteiger partial charge is 0.493 e. The first-order chi connectivity index (χ1) is 13.3. The zero-order valence-corrected chi connectivity index (χ0v) is 17.3. The number of anilines is 1. The Labute approximate surface area is 169 Å². The molecule has 0 atom stereocenters. The molecule has 6 nitrogen and oxygen atoms in total. The predicted molar refractivity (Wildman–Crippen MR) is 109 cm³/mol. The molecule has 0 fully saturated rings. The lowest BCUT2D eigenvalue weighted by atomic mass is 10.1. The van der Waals surface area contributed by atoms with Crippen LogP contribution in [0.1, 0.15) is 40.1 Å². The molecule has 2 rings (SSSR count). The van der Waals surface area contributed by atoms with E-state index in [1.807, 2.05) is 13.8 Å². The van der Waals surface area contributed by atoms with E-state index in [0.29, 0.717) is 45.9 Å². The average Bonchev–Trinajstić information content (AvgIpc) is 2.66. The third kappa shape index (κ3) is 5.16. The molecule has 0 saturated carbocycles. The van der Waals surface area contributed by atoms with E-state index < -0.39 is 5.97 Å². The smallest absolute Gasteiger partial charge is 0.337 e. The molecular weight excluding hydrogens is 382 g/mol. The third-order valence-corrected chi connectivity index (χ3v) is 4.23. The Balaban J connectivity index is 2.25. The Bertz CT molecular complexity index is 879. The normalized spacial score (nSPS) is 10.5. The van der Waals surface area contributed by atoms with Gasteiger partial charge in [0.15, 0.2) is 11.5 Å². The quantitative estimate of drug-likeness (QED) is 0.674. The van der Waals surface area contributed by atoms with Crippen molar-refractivity contribution in [1.82, 2.24) is 0 Å². The first-order valence-electron chi connectivity index (χ1n) is 8.77. The number of esters is 1. The Morgan fingerprint density at radius 1 is 1.11 bits per heavy atom. The van der Waals surface area contributed by atoms with Gasteiger partial charge < -0.3 is 19.5 Å². The molecule has 150 valence electrons. The highest BCUT2D eigenvalue weighted by molar-refractivity contribution is 6.32. The summed E-state index contributed by atoms with van der Waals surface area (Å²) in [6, 6.07) is 8.00. The molecule has 0 bridgehead atoms. The highest BCUT2D eigenvalue weighted by Gasteiger charge is 2.17. The molecule has 0 heterocycles. The third-order valence-electron chi connectivity index (χ3n) is 3.95. The first kappa shape index (κ1) is 21.6. The number of ether oxygens (including phenoxy) is 3. The van der Waals surface area contributed by atoms with Gasteiger partial charge in [-0.2, -0.15) is 0 Å². The number of benzene rings is 2. The van der Waals surface area contributed by atoms with Gasteiger partial charge in [-0.3, -0.25) is 4.79 Å². The van der Waals surface area contributed by atoms with Crippen LogP contribution < -0.4 is 14.8 Å². The number of carbonyl (C=O) groups excluding carboxylic acids is 2. The summed E-state index contributed by atoms with van der Waals surface area (Å²) in [4.78, 5) is 24.3. The van der Waals surface area contributed by atoms with Crippen LogP contribution >= 0.6 is 11.6 Å². The Kier molecular flexibility index (Phi) is 7.29. The van der Waals surface area contributed by atoms with Crippen LogP contribution in [0.3, 0.4) is 0 Å². The standard InChI is InChI=1S/C21H24ClNO5/c1-12(2)11-28-19-16(22)9-15(10-18(19)26-4)20(24)23-17-7-6-14(8-13(17)3)21(25)27-5/h6-10,12H,11H2,1-5H3,(H,23,24). The summed E-state index contributed by atoms with van der Waals surface area (Å²) in [5.74, 6) is 0.322. The maximum atomic E-state index is 12.7. The molecule has 0 radical (unpaired) electrons. The van der Waals surface area contributed by atoms with E-state index in [1.165, 1.54) is 20.3 Å². The maximum Gasteiger partial charge on any atom is 0.337 e. The van der Waals surface area contributed by atoms with E-state index >= 15 is 0 Å². The van der Waals surface area contributed by atoms with Crippen molar-refractivity contribution >= 4 is 29.2 Å². The zero-order chi connectivity index (χ0) is 20.8. The van der Waals surface area contributed by atoms with Gasteiger partial charge in [0.05, 0.1) is 31.4 Å². The van der Waals surface area contributed by atoms with Gasteiger partial charge in [-0.05, 0) is 48.7 Å². The summed E-state index contributed by atoms with van der Waals surface area (Å²) < 4.78 is 15.7. The lowest BCUT2D eigenvalue weighted by Gasteiger charge is -2.16. The van der Waals surface area contributed by atoms with Crippen LogP contribution in [0.2, 0.25) is 5.02 Å². The first-order valence-corrected chi connectivity index (χ1v) is 9.15. The van der Waals surface area contributed by atoms with Crippen LogP contribution in [0.25, 0.3) is 0 Å². The number of methoxy groups -OCH3 is 2. The molecule has 7 heteroatoms. The summed E-state index contributed by atoms with van der Waals surface area (Å²) in [5.41, 5.74) is 2.05. The van der Waals surface area contributed by atoms with Crippen molar-refractivity contribution in [3.8, 4) is 11.5 Å². The highest BCUT2D eigenvalue weighted by atomic mass is 35.5. The molecule has 0 aliphatic carbocycles. The number of amides is 1. The van der Waals surface area contributed by atoms with Gasteiger partial charge in [-0.25, -0.2) is 4.79 Å². The van der Waals surface area contributed by atoms with Gasteiger partial charge in [0.25, 0.3) is 5.91 Å². The van der Waals surface area contributed by atoms with Crippen molar-refractivity contribution in [3.05, 3.63) is 52.0 Å². The monoisotopic (exact) mass is 405 g/mol. The average molecular weight is 406 g/mol. The van der Waals surface area contributed by atoms with Gasteiger partial charge in [0.1, 0.15) is 0 Å². The minimum absolute atomic E-state index is 0.294. The molecular formula is C21H24ClNO5. The highest BCUT2D eigenvalue weighted by Crippen LogP contribution is 2.37. The Hall–Kier alpha value is -2.73. The van der Waals surface area contributed by atoms with E-state index in [4.69, 9.17) is 25.8 Å². The topological polar surface area (TPSA) is 73.9 Å². The van der Waals surface area contributed by atoms with Crippen molar-refractivity contribution < 1.29 is 23.8 Å². The van der Waals surface area contributed by atoms with E-state index in [9.17, 15) is 9.59 Å². The number of nitrogens with one attached hydrogen (secondary N) is 1. The van der Waals surface area contributed by atoms with Crippen LogP contribution in [0.5, 0.6) is 11.5 Å². The number of carbonyl (C=O) groups is 2. The van der Waals surface area contributed by atoms with Crippen LogP contribution in [-0.4, -0.2) is 32.7 Å². The molecule has 0 spiro atoms. The van der Waals surface area contributed by atoms with Crippen LogP contribution in [0.4, 0.5) is 5.69 Å². The molecule has 28 heavy (non-hydrogen) atoms. The molecule has 0 aliphatic rings. The summed E-state index contributed by atoms with van der Waals surface area (Å²) in [6.45, 7) is 6.32. The van der Waals surface area contributed by atoms with Crippen molar-refractivity contribution in [1.29, 1.82) is 0 Å². The Morgan fingerprint density at radius 2 is 1.82 bits per heavy atom. The summed E-state index contributed by atoms with van der Waals surface area (Å²) in [7, 11) is 2.81. The Morgan fingerprint density at radius 3 is 2.39 bits per heavy atom. The van der Waals surface area contributed by atoms with Crippen LogP contribution in [-0.2, 0) is 4.74 Å². The SMILES string of the molecule is COC(=O)c1ccc(NC(=O)c2cc(Cl)c(OCC(C)C)c(OC)c2)c(C)c1. The van der Waals surface area contributed by atoms with Crippen molar-refractivity contribution in [3.63, 3.8) is 0 Å². The minimum Gasteiger partial charge on any atom is -0.493 e. The van der Waals surface area contributed by atoms with Crippen LogP contribution in [0, 0.1) is 12.8 Å². The second-order valence-electron chi connectivity index (χ2n) is 6.67. The van der Waals surface area contributed by atoms with Gasteiger partial charge in [-0.1, -0.05) is 25.4 Å². The van der Waals surface area contributed by atoms with Crippen LogP contribution in [0.15, 0.2) is 30.3 Å². The molecule has 0 saturated heterocycles. The number of hydrogen-bond acceptors (Lipinski definition) is 5. The van der Waals surface area contributed by atoms with E-state index in [2.05, 4.69) is 5.32 Å². The summed E-state index contributed by atoms with van der Waals surface area (Å²) in [5, 5.41) is 3.11. The predicted octanol–water partition coefficient (Wildman–Crippen LogP) is 4.73. The second kappa shape index (κ2) is 9.46. The lowest BCUT2D eigenvalue weighted by molar-refractivity contribution is 0.0600. The fraction of sp³-hybridized carbons (Fsp3) is 0.333. The number of aryl methyl sites for hydroxylation is 1. The van der Waals surface area contributed by atoms with Crippen molar-refractivity contribution in [2.45, 2.75) is 20.8 Å². The van der Waals surface area contributed by atoms with Gasteiger partial charge in [-0.15, -0.1) is 0 Å². The van der Waals surface area contributed by atoms with Crippen molar-refractivity contribution in [2.75, 3.05) is 26.1 Å². The zero-order valence-electron chi connectivity index (χ0n) is 16.6. The lowest BCUT2D eigenvalue weighted by Crippen LogP contribution is -2.14. The number of halogens is 1. The van der Waals surface area contributed by atoms with E-state index in [1.54, 1.807) is 31.2 Å². The maximum absolute atomic E-state index is 12.7. The van der Waals surface area contributed by atoms with Gasteiger partial charge >= 0.3 is 5.97 Å². The summed E-state index contributed by atoms with van der Waals surface area (Å²) >= 11 is 6.31. The molecule has 2 aromatic carbocycles. The second-order valence-corrected chi connectivity index (χ2v) is 7.08. The van der Waals surface area contributed by atoms with E-state index in [-0.39, 0.29) is 5.91 Å². The summed E-state index contributed by atoms with van der Waals surface area (Å²) in [6.07, 6.45) is 0. The van der Waals surface area contributed by atoms with Gasteiger partial charge in [0, 0.05) is 11.3 Å². The molecule has 1 N–H and O–H groups in total. The van der Waals surface area contributed by atoms with Crippen molar-refractivity contribution in [2.24, 2.45) is 5.92 Å². The fourth-order valence-electron chi connectivity index (χ4n) is 2.48. The van der Waals surface area contributed by atoms with Gasteiger partial charge in [0.2, 0.25) is 0 Å². The fourth-order valence-corrected chi connectivity index (χ4v) is 2.75. The molecule has 0 aromatic heterocycles. The minimum atomic E-state index is -0.436. The number of rotatable bonds is 7. The molecule has 2 aromatic rings. The number of hydrogen-bond donors (Lipinski definition) is 1. The molecule has 1 amide bonds. The molecule has 0 unspecified atom stereocenters. The molecule has 0 aliphatic heterocycles.